The zero-order chi connectivity index (χ0) is 24.8. The lowest BCUT2D eigenvalue weighted by molar-refractivity contribution is -0.140. The summed E-state index contributed by atoms with van der Waals surface area (Å²) < 4.78 is 62.9. The van der Waals surface area contributed by atoms with Crippen LogP contribution in [-0.4, -0.2) is 58.9 Å². The van der Waals surface area contributed by atoms with Crippen LogP contribution < -0.4 is 5.32 Å². The molecule has 1 saturated carbocycles. The molecule has 0 aromatic carbocycles. The summed E-state index contributed by atoms with van der Waals surface area (Å²) in [6.07, 6.45) is -0.0981. The summed E-state index contributed by atoms with van der Waals surface area (Å²) in [6.45, 7) is 3.26. The Morgan fingerprint density at radius 1 is 1.18 bits per heavy atom. The van der Waals surface area contributed by atoms with Gasteiger partial charge < -0.3 is 15.0 Å². The number of ether oxygens (including phenoxy) is 1. The van der Waals surface area contributed by atoms with Crippen molar-refractivity contribution in [1.29, 1.82) is 0 Å². The summed E-state index contributed by atoms with van der Waals surface area (Å²) in [7, 11) is 0. The smallest absolute Gasteiger partial charge is 0.381 e. The predicted molar refractivity (Wildman–Crippen MR) is 119 cm³/mol. The summed E-state index contributed by atoms with van der Waals surface area (Å²) in [5, 5.41) is 11.7. The van der Waals surface area contributed by atoms with Gasteiger partial charge in [-0.1, -0.05) is 0 Å². The second-order valence-electron chi connectivity index (χ2n) is 9.41. The maximum Gasteiger partial charge on any atom is 0.434 e. The number of rotatable bonds is 5. The fourth-order valence-electron chi connectivity index (χ4n) is 5.40. The van der Waals surface area contributed by atoms with Crippen molar-refractivity contribution in [3.63, 3.8) is 0 Å². The first-order valence-electron chi connectivity index (χ1n) is 12.6. The van der Waals surface area contributed by atoms with E-state index in [1.54, 1.807) is 6.07 Å². The highest BCUT2D eigenvalue weighted by molar-refractivity contribution is 5.64. The third kappa shape index (κ3) is 4.99. The normalized spacial score (nSPS) is 27.8. The molecule has 178 valence electrons. The molecular formula is C24H30F3N5O. The van der Waals surface area contributed by atoms with E-state index in [-0.39, 0.29) is 23.2 Å². The summed E-state index contributed by atoms with van der Waals surface area (Å²) in [6, 6.07) is 4.61. The van der Waals surface area contributed by atoms with E-state index in [1.165, 1.54) is 12.1 Å². The van der Waals surface area contributed by atoms with Gasteiger partial charge in [0.25, 0.3) is 0 Å². The Hall–Kier alpha value is -2.26. The van der Waals surface area contributed by atoms with Crippen LogP contribution in [0.5, 0.6) is 0 Å². The minimum atomic E-state index is -4.57. The number of halogens is 3. The van der Waals surface area contributed by atoms with Crippen molar-refractivity contribution in [1.82, 2.24) is 20.1 Å². The van der Waals surface area contributed by atoms with Gasteiger partial charge >= 0.3 is 6.18 Å². The zero-order valence-electron chi connectivity index (χ0n) is 20.6. The third-order valence-electron chi connectivity index (χ3n) is 7.01. The molecule has 2 aromatic heterocycles. The van der Waals surface area contributed by atoms with E-state index in [2.05, 4.69) is 20.5 Å². The molecule has 1 aliphatic carbocycles. The average molecular weight is 464 g/mol. The average Bonchev–Trinajstić information content (AvgIpc) is 3.40. The fraction of sp³-hybridized carbons (Fsp3) is 0.625. The molecule has 9 heteroatoms. The number of alkyl halides is 3. The second-order valence-corrected chi connectivity index (χ2v) is 9.41. The van der Waals surface area contributed by atoms with Gasteiger partial charge in [0.2, 0.25) is 0 Å². The van der Waals surface area contributed by atoms with Crippen molar-refractivity contribution in [2.45, 2.75) is 44.8 Å². The van der Waals surface area contributed by atoms with E-state index in [9.17, 15) is 13.2 Å². The van der Waals surface area contributed by atoms with E-state index in [0.29, 0.717) is 30.9 Å². The number of fused-ring (bicyclic) bond motifs is 1. The first-order chi connectivity index (χ1) is 16.6. The van der Waals surface area contributed by atoms with Gasteiger partial charge in [-0.05, 0) is 74.1 Å². The highest BCUT2D eigenvalue weighted by Gasteiger charge is 2.41. The van der Waals surface area contributed by atoms with Crippen LogP contribution in [-0.2, 0) is 10.9 Å². The quantitative estimate of drug-likeness (QED) is 0.709. The van der Waals surface area contributed by atoms with Crippen molar-refractivity contribution in [3.05, 3.63) is 35.7 Å². The molecule has 6 nitrogen and oxygen atoms in total. The van der Waals surface area contributed by atoms with E-state index in [4.69, 9.17) is 7.48 Å². The van der Waals surface area contributed by atoms with Crippen LogP contribution in [0.1, 0.15) is 39.7 Å². The molecule has 0 spiro atoms. The lowest BCUT2D eigenvalue weighted by atomic mass is 10.00. The van der Waals surface area contributed by atoms with E-state index < -0.39 is 18.4 Å². The van der Waals surface area contributed by atoms with Gasteiger partial charge in [0, 0.05) is 53.3 Å². The molecule has 0 radical (unpaired) electrons. The molecular weight excluding hydrogens is 431 g/mol. The van der Waals surface area contributed by atoms with Crippen LogP contribution in [0.4, 0.5) is 19.0 Å². The lowest BCUT2D eigenvalue weighted by Crippen LogP contribution is -2.32. The van der Waals surface area contributed by atoms with Gasteiger partial charge in [-0.15, -0.1) is 10.2 Å². The number of hydrogen-bond acceptors (Lipinski definition) is 6. The van der Waals surface area contributed by atoms with E-state index >= 15 is 0 Å². The standard InChI is InChI=1S/C24H30F3N5O/c1-15-9-21(20-3-2-6-28-22(20)24(25,26)27)30-31-23(15)29-19-10-17-13-32(14-18(17)11-19)12-16-4-7-33-8-5-16/h2-3,6,9,16-19H,4-5,7-8,10-14H2,1H3,(H,29,31)/t17-,18+,19?/i12D2. The number of pyridine rings is 1. The predicted octanol–water partition coefficient (Wildman–Crippen LogP) is 4.41. The van der Waals surface area contributed by atoms with Crippen molar-refractivity contribution >= 4 is 5.82 Å². The van der Waals surface area contributed by atoms with Gasteiger partial charge in [-0.3, -0.25) is 4.98 Å². The SMILES string of the molecule is [2H]C([2H])(C1CCOCC1)N1C[C@H]2CC(Nc3nnc(-c4cccnc4C(F)(F)F)cc3C)C[C@H]2C1. The van der Waals surface area contributed by atoms with Gasteiger partial charge in [0.05, 0.1) is 5.69 Å². The molecule has 3 fully saturated rings. The van der Waals surface area contributed by atoms with Crippen LogP contribution >= 0.6 is 0 Å². The van der Waals surface area contributed by atoms with Crippen LogP contribution in [0.15, 0.2) is 24.4 Å². The molecule has 3 aliphatic rings. The van der Waals surface area contributed by atoms with Crippen molar-refractivity contribution in [2.75, 3.05) is 38.1 Å². The Morgan fingerprint density at radius 2 is 1.91 bits per heavy atom. The molecule has 1 N–H and O–H groups in total. The first-order valence-corrected chi connectivity index (χ1v) is 11.6. The Morgan fingerprint density at radius 3 is 2.58 bits per heavy atom. The number of aryl methyl sites for hydroxylation is 1. The van der Waals surface area contributed by atoms with Gasteiger partial charge in [-0.2, -0.15) is 13.2 Å². The summed E-state index contributed by atoms with van der Waals surface area (Å²) in [5.41, 5.74) is -0.191. The highest BCUT2D eigenvalue weighted by Crippen LogP contribution is 2.40. The van der Waals surface area contributed by atoms with E-state index in [1.807, 2.05) is 11.8 Å². The first kappa shape index (κ1) is 20.1. The number of aromatic nitrogens is 3. The fourth-order valence-corrected chi connectivity index (χ4v) is 5.40. The number of likely N-dealkylation sites (tertiary alicyclic amines) is 1. The molecule has 3 atom stereocenters. The summed E-state index contributed by atoms with van der Waals surface area (Å²) in [5.74, 6) is 1.42. The Bertz CT molecular complexity index is 1050. The molecule has 33 heavy (non-hydrogen) atoms. The Kier molecular flexibility index (Phi) is 5.60. The molecule has 2 saturated heterocycles. The lowest BCUT2D eigenvalue weighted by Gasteiger charge is -2.27. The second kappa shape index (κ2) is 9.18. The van der Waals surface area contributed by atoms with Crippen molar-refractivity contribution < 1.29 is 20.6 Å². The summed E-state index contributed by atoms with van der Waals surface area (Å²) >= 11 is 0. The largest absolute Gasteiger partial charge is 0.434 e. The number of nitrogens with zero attached hydrogens (tertiary/aromatic N) is 4. The van der Waals surface area contributed by atoms with Crippen LogP contribution in [0.3, 0.4) is 0 Å². The van der Waals surface area contributed by atoms with Crippen LogP contribution in [0, 0.1) is 24.7 Å². The number of hydrogen-bond donors (Lipinski definition) is 1. The van der Waals surface area contributed by atoms with Crippen molar-refractivity contribution in [3.8, 4) is 11.3 Å². The van der Waals surface area contributed by atoms with Crippen LogP contribution in [0.25, 0.3) is 11.3 Å². The number of nitrogens with one attached hydrogen (secondary N) is 1. The Balaban J connectivity index is 1.23. The van der Waals surface area contributed by atoms with Gasteiger partial charge in [0.1, 0.15) is 0 Å². The van der Waals surface area contributed by atoms with Crippen molar-refractivity contribution in [2.24, 2.45) is 17.8 Å². The van der Waals surface area contributed by atoms with Gasteiger partial charge in [0.15, 0.2) is 11.5 Å². The van der Waals surface area contributed by atoms with Gasteiger partial charge in [-0.25, -0.2) is 0 Å². The minimum Gasteiger partial charge on any atom is -0.381 e. The minimum absolute atomic E-state index is 0.0121. The van der Waals surface area contributed by atoms with E-state index in [0.717, 1.165) is 50.5 Å². The topological polar surface area (TPSA) is 63.2 Å². The Labute approximate surface area is 194 Å². The van der Waals surface area contributed by atoms with Crippen LogP contribution in [0.2, 0.25) is 0 Å². The molecule has 4 heterocycles. The molecule has 1 unspecified atom stereocenters. The third-order valence-corrected chi connectivity index (χ3v) is 7.01. The molecule has 0 bridgehead atoms. The monoisotopic (exact) mass is 463 g/mol. The molecule has 0 amide bonds. The maximum atomic E-state index is 13.3. The molecule has 5 rings (SSSR count). The maximum absolute atomic E-state index is 13.3. The molecule has 2 aliphatic heterocycles. The molecule has 2 aromatic rings. The highest BCUT2D eigenvalue weighted by atomic mass is 19.4. The summed E-state index contributed by atoms with van der Waals surface area (Å²) in [4.78, 5) is 5.53. The zero-order valence-corrected chi connectivity index (χ0v) is 18.6. The number of anilines is 1.